The molecule has 0 amide bonds. The van der Waals surface area contributed by atoms with Crippen LogP contribution in [0.1, 0.15) is 98.3 Å². The predicted molar refractivity (Wildman–Crippen MR) is 132 cm³/mol. The number of unbranched alkanes of at least 4 members (excludes halogenated alkanes) is 2. The number of hydrogen-bond acceptors (Lipinski definition) is 3. The molecule has 0 N–H and O–H groups in total. The zero-order chi connectivity index (χ0) is 20.9. The second-order valence-corrected chi connectivity index (χ2v) is 13.1. The van der Waals surface area contributed by atoms with Crippen molar-refractivity contribution in [3.63, 3.8) is 0 Å². The molecule has 0 aromatic carbocycles. The molecule has 3 saturated carbocycles. The molecule has 3 fully saturated rings. The van der Waals surface area contributed by atoms with Gasteiger partial charge in [0.05, 0.1) is 0 Å². The number of fused-ring (bicyclic) bond motifs is 4. The molecule has 3 rings (SSSR count). The lowest BCUT2D eigenvalue weighted by molar-refractivity contribution is -0.240. The minimum absolute atomic E-state index is 0.531. The van der Waals surface area contributed by atoms with E-state index in [1.165, 1.54) is 75.0 Å². The number of Topliss-reactive ketones (excluding diaryl/α,β-unsaturated/α-hetero) is 1. The molecule has 0 saturated heterocycles. The molecule has 0 radical (unpaired) electrons. The monoisotopic (exact) mass is 438 g/mol. The topological polar surface area (TPSA) is 17.1 Å². The first kappa shape index (κ1) is 24.0. The first-order valence-corrected chi connectivity index (χ1v) is 15.0. The lowest BCUT2D eigenvalue weighted by Crippen LogP contribution is -2.66. The van der Waals surface area contributed by atoms with Gasteiger partial charge < -0.3 is 0 Å². The summed E-state index contributed by atoms with van der Waals surface area (Å²) in [5, 5.41) is 0. The van der Waals surface area contributed by atoms with Crippen LogP contribution in [-0.2, 0) is 4.79 Å². The van der Waals surface area contributed by atoms with Crippen LogP contribution in [-0.4, -0.2) is 28.8 Å². The van der Waals surface area contributed by atoms with Crippen molar-refractivity contribution < 1.29 is 4.79 Å². The van der Waals surface area contributed by atoms with Gasteiger partial charge in [0.2, 0.25) is 0 Å². The summed E-state index contributed by atoms with van der Waals surface area (Å²) in [6, 6.07) is 0. The summed E-state index contributed by atoms with van der Waals surface area (Å²) in [5.74, 6) is 9.24. The van der Waals surface area contributed by atoms with Crippen LogP contribution in [0.5, 0.6) is 0 Å². The van der Waals surface area contributed by atoms with E-state index < -0.39 is 0 Å². The third-order valence-electron chi connectivity index (χ3n) is 9.18. The predicted octanol–water partition coefficient (Wildman–Crippen LogP) is 7.87. The quantitative estimate of drug-likeness (QED) is 0.242. The van der Waals surface area contributed by atoms with Gasteiger partial charge in [-0.25, -0.2) is 0 Å². The Morgan fingerprint density at radius 2 is 1.66 bits per heavy atom. The summed E-state index contributed by atoms with van der Waals surface area (Å²) in [6.45, 7) is 9.64. The Bertz CT molecular complexity index is 535. The lowest BCUT2D eigenvalue weighted by Gasteiger charge is -2.72. The number of carbonyl (C=O) groups is 1. The third kappa shape index (κ3) is 5.07. The number of ketones is 1. The van der Waals surface area contributed by atoms with Gasteiger partial charge in [-0.05, 0) is 78.8 Å². The van der Waals surface area contributed by atoms with Crippen molar-refractivity contribution in [2.24, 2.45) is 34.5 Å². The van der Waals surface area contributed by atoms with Gasteiger partial charge in [0.25, 0.3) is 0 Å². The molecular weight excluding hydrogens is 392 g/mol. The Kier molecular flexibility index (Phi) is 8.94. The normalized spacial score (nSPS) is 37.5. The molecular formula is C26H46OS2. The molecule has 0 bridgehead atoms. The molecule has 3 aliphatic carbocycles. The van der Waals surface area contributed by atoms with Gasteiger partial charge in [-0.1, -0.05) is 47.0 Å². The first-order chi connectivity index (χ1) is 14.0. The maximum absolute atomic E-state index is 12.5. The van der Waals surface area contributed by atoms with Gasteiger partial charge in [0, 0.05) is 30.1 Å². The zero-order valence-electron chi connectivity index (χ0n) is 19.6. The standard InChI is InChI=1S/C26H46OS2/c1-5-8-9-13-28-15-16-29-14-12-21(27)11-10-20-17-23-22-18-25(4,6-2)19-24(22)26(20,23)7-3/h20,22-24H,5-19H2,1-4H3. The van der Waals surface area contributed by atoms with Crippen molar-refractivity contribution in [1.29, 1.82) is 0 Å². The van der Waals surface area contributed by atoms with Gasteiger partial charge in [0.1, 0.15) is 5.78 Å². The largest absolute Gasteiger partial charge is 0.300 e. The summed E-state index contributed by atoms with van der Waals surface area (Å²) in [6.07, 6.45) is 14.0. The molecule has 168 valence electrons. The van der Waals surface area contributed by atoms with Crippen molar-refractivity contribution in [2.45, 2.75) is 98.3 Å². The van der Waals surface area contributed by atoms with Crippen LogP contribution in [0.15, 0.2) is 0 Å². The van der Waals surface area contributed by atoms with Crippen molar-refractivity contribution in [1.82, 2.24) is 0 Å². The summed E-state index contributed by atoms with van der Waals surface area (Å²) in [4.78, 5) is 12.5. The van der Waals surface area contributed by atoms with Crippen molar-refractivity contribution >= 4 is 29.3 Å². The highest BCUT2D eigenvalue weighted by atomic mass is 32.2. The Morgan fingerprint density at radius 1 is 0.897 bits per heavy atom. The summed E-state index contributed by atoms with van der Waals surface area (Å²) in [5.41, 5.74) is 1.25. The van der Waals surface area contributed by atoms with Gasteiger partial charge in [-0.2, -0.15) is 23.5 Å². The van der Waals surface area contributed by atoms with Crippen LogP contribution in [0.25, 0.3) is 0 Å². The van der Waals surface area contributed by atoms with E-state index in [9.17, 15) is 4.79 Å². The zero-order valence-corrected chi connectivity index (χ0v) is 21.3. The van der Waals surface area contributed by atoms with E-state index in [1.807, 2.05) is 11.8 Å². The molecule has 1 nitrogen and oxygen atoms in total. The average Bonchev–Trinajstić information content (AvgIpc) is 3.01. The van der Waals surface area contributed by atoms with E-state index in [1.54, 1.807) is 0 Å². The fourth-order valence-electron chi connectivity index (χ4n) is 7.32. The molecule has 6 atom stereocenters. The average molecular weight is 439 g/mol. The smallest absolute Gasteiger partial charge is 0.133 e. The van der Waals surface area contributed by atoms with Gasteiger partial charge in [-0.15, -0.1) is 0 Å². The van der Waals surface area contributed by atoms with Crippen LogP contribution >= 0.6 is 23.5 Å². The van der Waals surface area contributed by atoms with Crippen molar-refractivity contribution in [3.05, 3.63) is 0 Å². The van der Waals surface area contributed by atoms with Gasteiger partial charge in [-0.3, -0.25) is 4.79 Å². The Hall–Kier alpha value is 0.370. The third-order valence-corrected chi connectivity index (χ3v) is 11.5. The lowest BCUT2D eigenvalue weighted by atomic mass is 9.32. The van der Waals surface area contributed by atoms with Crippen molar-refractivity contribution in [3.8, 4) is 0 Å². The Morgan fingerprint density at radius 3 is 2.34 bits per heavy atom. The summed E-state index contributed by atoms with van der Waals surface area (Å²) < 4.78 is 0. The first-order valence-electron chi connectivity index (χ1n) is 12.7. The summed E-state index contributed by atoms with van der Waals surface area (Å²) in [7, 11) is 0. The molecule has 0 aromatic rings. The minimum atomic E-state index is 0.531. The Balaban J connectivity index is 1.29. The summed E-state index contributed by atoms with van der Waals surface area (Å²) >= 11 is 4.08. The van der Waals surface area contributed by atoms with Crippen LogP contribution < -0.4 is 0 Å². The van der Waals surface area contributed by atoms with E-state index in [0.717, 1.165) is 42.3 Å². The van der Waals surface area contributed by atoms with E-state index in [2.05, 4.69) is 39.5 Å². The van der Waals surface area contributed by atoms with Gasteiger partial charge >= 0.3 is 0 Å². The molecule has 3 heteroatoms. The van der Waals surface area contributed by atoms with E-state index in [0.29, 0.717) is 16.6 Å². The molecule has 29 heavy (non-hydrogen) atoms. The minimum Gasteiger partial charge on any atom is -0.300 e. The van der Waals surface area contributed by atoms with E-state index >= 15 is 0 Å². The molecule has 0 aliphatic heterocycles. The van der Waals surface area contributed by atoms with Crippen LogP contribution in [0.4, 0.5) is 0 Å². The fraction of sp³-hybridized carbons (Fsp3) is 0.962. The maximum Gasteiger partial charge on any atom is 0.133 e. The van der Waals surface area contributed by atoms with Crippen LogP contribution in [0.2, 0.25) is 0 Å². The van der Waals surface area contributed by atoms with Crippen LogP contribution in [0, 0.1) is 34.5 Å². The molecule has 3 aliphatic rings. The van der Waals surface area contributed by atoms with Crippen LogP contribution in [0.3, 0.4) is 0 Å². The van der Waals surface area contributed by atoms with E-state index in [-0.39, 0.29) is 0 Å². The Labute approximate surface area is 189 Å². The highest BCUT2D eigenvalue weighted by Crippen LogP contribution is 2.79. The molecule has 0 aromatic heterocycles. The number of carbonyl (C=O) groups excluding carboxylic acids is 1. The number of thioether (sulfide) groups is 2. The van der Waals surface area contributed by atoms with E-state index in [4.69, 9.17) is 0 Å². The maximum atomic E-state index is 12.5. The fourth-order valence-corrected chi connectivity index (χ4v) is 9.45. The number of rotatable bonds is 15. The highest BCUT2D eigenvalue weighted by Gasteiger charge is 2.72. The van der Waals surface area contributed by atoms with Crippen molar-refractivity contribution in [2.75, 3.05) is 23.0 Å². The van der Waals surface area contributed by atoms with Gasteiger partial charge in [0.15, 0.2) is 0 Å². The molecule has 0 heterocycles. The molecule has 0 spiro atoms. The highest BCUT2D eigenvalue weighted by molar-refractivity contribution is 8.02. The SMILES string of the molecule is CCCCCSCCSCCC(=O)CCC1CC2C3CC(C)(CC)CC3C12CC. The molecule has 6 unspecified atom stereocenters. The second kappa shape index (κ2) is 10.8. The number of hydrogen-bond donors (Lipinski definition) is 0. The second-order valence-electron chi connectivity index (χ2n) is 10.6.